The van der Waals surface area contributed by atoms with Crippen LogP contribution >= 0.6 is 0 Å². The van der Waals surface area contributed by atoms with Crippen molar-refractivity contribution >= 4 is 11.9 Å². The monoisotopic (exact) mass is 328 g/mol. The predicted octanol–water partition coefficient (Wildman–Crippen LogP) is 0.678. The molecule has 0 spiro atoms. The van der Waals surface area contributed by atoms with Crippen LogP contribution in [-0.2, 0) is 19.1 Å². The number of likely N-dealkylation sites (N-methyl/N-ethyl adjacent to an activating group) is 2. The molecule has 1 unspecified atom stereocenters. The summed E-state index contributed by atoms with van der Waals surface area (Å²) in [6.07, 6.45) is 2.07. The molecule has 0 aromatic heterocycles. The topological polar surface area (TPSA) is 52.6 Å². The lowest BCUT2D eigenvalue weighted by atomic mass is 10.0. The smallest absolute Gasteiger partial charge is 0.324 e. The lowest BCUT2D eigenvalue weighted by molar-refractivity contribution is -0.870. The molecule has 0 aromatic rings. The summed E-state index contributed by atoms with van der Waals surface area (Å²) < 4.78 is 12.1. The fourth-order valence-electron chi connectivity index (χ4n) is 2.21. The Morgan fingerprint density at radius 3 is 1.65 bits per heavy atom. The van der Waals surface area contributed by atoms with Gasteiger partial charge < -0.3 is 18.4 Å². The van der Waals surface area contributed by atoms with Gasteiger partial charge in [-0.25, -0.2) is 0 Å². The zero-order valence-corrected chi connectivity index (χ0v) is 15.4. The van der Waals surface area contributed by atoms with Crippen molar-refractivity contribution in [2.24, 2.45) is 11.3 Å². The molecule has 0 N–H and O–H groups in total. The zero-order valence-electron chi connectivity index (χ0n) is 15.4. The lowest BCUT2D eigenvalue weighted by Gasteiger charge is -2.25. The van der Waals surface area contributed by atoms with Gasteiger partial charge in [0.15, 0.2) is 5.41 Å². The number of carbonyl (C=O) groups excluding carboxylic acids is 2. The minimum Gasteiger partial charge on any atom is -0.459 e. The third kappa shape index (κ3) is 5.62. The molecule has 0 aromatic carbocycles. The van der Waals surface area contributed by atoms with Crippen LogP contribution in [0, 0.1) is 11.3 Å². The Bertz CT molecular complexity index is 428. The van der Waals surface area contributed by atoms with Gasteiger partial charge in [-0.15, -0.1) is 6.58 Å². The van der Waals surface area contributed by atoms with E-state index in [0.717, 1.165) is 0 Å². The number of hydrogen-bond donors (Lipinski definition) is 0. The Hall–Kier alpha value is -1.40. The van der Waals surface area contributed by atoms with Crippen LogP contribution in [0.25, 0.3) is 0 Å². The third-order valence-electron chi connectivity index (χ3n) is 4.02. The van der Waals surface area contributed by atoms with Crippen molar-refractivity contribution in [3.8, 4) is 0 Å². The number of quaternary nitrogens is 2. The Morgan fingerprint density at radius 2 is 1.39 bits per heavy atom. The summed E-state index contributed by atoms with van der Waals surface area (Å²) >= 11 is 0. The van der Waals surface area contributed by atoms with Crippen molar-refractivity contribution in [3.05, 3.63) is 12.7 Å². The molecule has 0 amide bonds. The van der Waals surface area contributed by atoms with E-state index >= 15 is 0 Å². The van der Waals surface area contributed by atoms with Crippen LogP contribution in [0.2, 0.25) is 0 Å². The summed E-state index contributed by atoms with van der Waals surface area (Å²) in [5.41, 5.74) is -1.17. The van der Waals surface area contributed by atoms with Crippen LogP contribution in [0.5, 0.6) is 0 Å². The van der Waals surface area contributed by atoms with Gasteiger partial charge in [0.05, 0.1) is 42.3 Å². The largest absolute Gasteiger partial charge is 0.459 e. The van der Waals surface area contributed by atoms with Crippen LogP contribution in [0.3, 0.4) is 0 Å². The lowest BCUT2D eigenvalue weighted by Crippen LogP contribution is -2.41. The second-order valence-corrected chi connectivity index (χ2v) is 8.32. The van der Waals surface area contributed by atoms with Gasteiger partial charge in [-0.2, -0.15) is 0 Å². The molecule has 6 heteroatoms. The molecule has 0 aliphatic heterocycles. The number of nitrogens with zero attached hydrogens (tertiary/aromatic N) is 2. The highest BCUT2D eigenvalue weighted by molar-refractivity contribution is 6.04. The molecular formula is C17H32N2O4+2. The predicted molar refractivity (Wildman–Crippen MR) is 88.5 cm³/mol. The molecule has 1 atom stereocenters. The standard InChI is InChI=1S/C17H32N2O4/c1-8-14-13-17(14,15(20)22-11-9-18(2,3)4)16(21)23-12-10-19(5,6)7/h8,14H,1,9-13H2,2-7H3/q+2. The van der Waals surface area contributed by atoms with E-state index in [4.69, 9.17) is 9.47 Å². The van der Waals surface area contributed by atoms with Crippen molar-refractivity contribution in [2.45, 2.75) is 6.42 Å². The molecule has 1 aliphatic rings. The summed E-state index contributed by atoms with van der Waals surface area (Å²) in [6, 6.07) is 0. The van der Waals surface area contributed by atoms with Gasteiger partial charge in [-0.05, 0) is 6.42 Å². The first-order valence-corrected chi connectivity index (χ1v) is 8.00. The van der Waals surface area contributed by atoms with Crippen LogP contribution in [0.1, 0.15) is 6.42 Å². The first-order valence-electron chi connectivity index (χ1n) is 8.00. The van der Waals surface area contributed by atoms with E-state index in [2.05, 4.69) is 6.58 Å². The molecular weight excluding hydrogens is 296 g/mol. The summed E-state index contributed by atoms with van der Waals surface area (Å²) in [5, 5.41) is 0. The van der Waals surface area contributed by atoms with Gasteiger partial charge in [-0.1, -0.05) is 6.08 Å². The molecule has 1 rings (SSSR count). The maximum Gasteiger partial charge on any atom is 0.324 e. The summed E-state index contributed by atoms with van der Waals surface area (Å²) in [7, 11) is 12.1. The first kappa shape index (κ1) is 19.6. The van der Waals surface area contributed by atoms with E-state index in [9.17, 15) is 9.59 Å². The second-order valence-electron chi connectivity index (χ2n) is 8.32. The SMILES string of the molecule is C=CC1CC1(C(=O)OCC[N+](C)(C)C)C(=O)OCC[N+](C)(C)C. The summed E-state index contributed by atoms with van der Waals surface area (Å²) in [6.45, 7) is 5.67. The minimum atomic E-state index is -1.17. The molecule has 6 nitrogen and oxygen atoms in total. The Morgan fingerprint density at radius 1 is 1.00 bits per heavy atom. The quantitative estimate of drug-likeness (QED) is 0.270. The van der Waals surface area contributed by atoms with Crippen molar-refractivity contribution in [1.29, 1.82) is 0 Å². The van der Waals surface area contributed by atoms with Crippen molar-refractivity contribution in [1.82, 2.24) is 0 Å². The van der Waals surface area contributed by atoms with Crippen molar-refractivity contribution < 1.29 is 28.0 Å². The van der Waals surface area contributed by atoms with E-state index in [1.807, 2.05) is 42.3 Å². The Labute approximate surface area is 139 Å². The summed E-state index contributed by atoms with van der Waals surface area (Å²) in [5.74, 6) is -1.15. The number of hydrogen-bond acceptors (Lipinski definition) is 4. The fraction of sp³-hybridized carbons (Fsp3) is 0.765. The number of rotatable bonds is 9. The van der Waals surface area contributed by atoms with Gasteiger partial charge >= 0.3 is 11.9 Å². The molecule has 0 radical (unpaired) electrons. The molecule has 23 heavy (non-hydrogen) atoms. The molecule has 132 valence electrons. The minimum absolute atomic E-state index is 0.184. The van der Waals surface area contributed by atoms with E-state index in [-0.39, 0.29) is 5.92 Å². The molecule has 1 aliphatic carbocycles. The Balaban J connectivity index is 2.59. The first-order chi connectivity index (χ1) is 10.4. The van der Waals surface area contributed by atoms with Crippen LogP contribution < -0.4 is 0 Å². The fourth-order valence-corrected chi connectivity index (χ4v) is 2.21. The highest BCUT2D eigenvalue weighted by Gasteiger charge is 2.67. The molecule has 1 fully saturated rings. The number of allylic oxidation sites excluding steroid dienone is 1. The van der Waals surface area contributed by atoms with Crippen LogP contribution in [-0.4, -0.2) is 89.5 Å². The van der Waals surface area contributed by atoms with Crippen molar-refractivity contribution in [2.75, 3.05) is 68.6 Å². The van der Waals surface area contributed by atoms with Gasteiger partial charge in [0.2, 0.25) is 0 Å². The maximum absolute atomic E-state index is 12.4. The highest BCUT2D eigenvalue weighted by Crippen LogP contribution is 2.55. The van der Waals surface area contributed by atoms with Crippen LogP contribution in [0.4, 0.5) is 0 Å². The van der Waals surface area contributed by atoms with Crippen LogP contribution in [0.15, 0.2) is 12.7 Å². The summed E-state index contributed by atoms with van der Waals surface area (Å²) in [4.78, 5) is 24.8. The van der Waals surface area contributed by atoms with Gasteiger partial charge in [0.1, 0.15) is 26.3 Å². The average Bonchev–Trinajstić information content (AvgIpc) is 3.11. The van der Waals surface area contributed by atoms with E-state index in [0.29, 0.717) is 41.7 Å². The molecule has 0 heterocycles. The van der Waals surface area contributed by atoms with E-state index in [1.54, 1.807) is 6.08 Å². The number of carbonyl (C=O) groups is 2. The number of ether oxygens (including phenoxy) is 2. The van der Waals surface area contributed by atoms with Gasteiger partial charge in [-0.3, -0.25) is 9.59 Å². The van der Waals surface area contributed by atoms with E-state index in [1.165, 1.54) is 0 Å². The molecule has 1 saturated carbocycles. The Kier molecular flexibility index (Phi) is 5.99. The maximum atomic E-state index is 12.4. The van der Waals surface area contributed by atoms with E-state index < -0.39 is 17.4 Å². The molecule has 0 saturated heterocycles. The zero-order chi connectivity index (χ0) is 17.9. The third-order valence-corrected chi connectivity index (χ3v) is 4.02. The second kappa shape index (κ2) is 7.01. The van der Waals surface area contributed by atoms with Gasteiger partial charge in [0.25, 0.3) is 0 Å². The normalized spacial score (nSPS) is 19.8. The molecule has 0 bridgehead atoms. The highest BCUT2D eigenvalue weighted by atomic mass is 16.6. The van der Waals surface area contributed by atoms with Crippen molar-refractivity contribution in [3.63, 3.8) is 0 Å². The average molecular weight is 328 g/mol. The van der Waals surface area contributed by atoms with Gasteiger partial charge in [0, 0.05) is 5.92 Å². The number of esters is 2.